The second-order valence-electron chi connectivity index (χ2n) is 3.77. The fraction of sp³-hybridized carbons (Fsp3) is 0.273. The number of amides is 1. The van der Waals surface area contributed by atoms with Crippen LogP contribution >= 0.6 is 11.6 Å². The van der Waals surface area contributed by atoms with Gasteiger partial charge in [0.1, 0.15) is 11.7 Å². The quantitative estimate of drug-likeness (QED) is 0.824. The molecule has 0 spiro atoms. The second kappa shape index (κ2) is 4.33. The van der Waals surface area contributed by atoms with Gasteiger partial charge in [-0.25, -0.2) is 4.39 Å². The van der Waals surface area contributed by atoms with E-state index in [0.717, 1.165) is 6.07 Å². The van der Waals surface area contributed by atoms with E-state index < -0.39 is 23.6 Å². The Hall–Kier alpha value is -1.62. The predicted molar refractivity (Wildman–Crippen MR) is 59.5 cm³/mol. The molecular weight excluding hydrogens is 249 g/mol. The van der Waals surface area contributed by atoms with Gasteiger partial charge in [-0.15, -0.1) is 0 Å². The SMILES string of the molecule is O=C(O)C1CCN(c2ccc(Cl)c(F)c2)C1=O. The summed E-state index contributed by atoms with van der Waals surface area (Å²) in [5.41, 5.74) is 0.334. The van der Waals surface area contributed by atoms with Crippen LogP contribution in [0.15, 0.2) is 18.2 Å². The fourth-order valence-electron chi connectivity index (χ4n) is 1.82. The number of hydrogen-bond donors (Lipinski definition) is 1. The first kappa shape index (κ1) is 11.9. The summed E-state index contributed by atoms with van der Waals surface area (Å²) in [4.78, 5) is 23.8. The maximum Gasteiger partial charge on any atom is 0.316 e. The first-order valence-electron chi connectivity index (χ1n) is 5.00. The van der Waals surface area contributed by atoms with Gasteiger partial charge >= 0.3 is 5.97 Å². The van der Waals surface area contributed by atoms with Gasteiger partial charge in [0.25, 0.3) is 0 Å². The molecule has 90 valence electrons. The van der Waals surface area contributed by atoms with Crippen LogP contribution in [-0.2, 0) is 9.59 Å². The van der Waals surface area contributed by atoms with Crippen molar-refractivity contribution in [1.82, 2.24) is 0 Å². The third kappa shape index (κ3) is 2.10. The van der Waals surface area contributed by atoms with Crippen LogP contribution < -0.4 is 4.90 Å². The number of carboxylic acid groups (broad SMARTS) is 1. The number of benzene rings is 1. The zero-order valence-electron chi connectivity index (χ0n) is 8.69. The molecule has 1 N–H and O–H groups in total. The molecule has 1 aromatic rings. The highest BCUT2D eigenvalue weighted by molar-refractivity contribution is 6.30. The highest BCUT2D eigenvalue weighted by Crippen LogP contribution is 2.28. The van der Waals surface area contributed by atoms with Crippen molar-refractivity contribution in [2.75, 3.05) is 11.4 Å². The summed E-state index contributed by atoms with van der Waals surface area (Å²) in [7, 11) is 0. The first-order chi connectivity index (χ1) is 8.00. The number of aliphatic carboxylic acids is 1. The maximum absolute atomic E-state index is 13.2. The van der Waals surface area contributed by atoms with Crippen molar-refractivity contribution in [1.29, 1.82) is 0 Å². The van der Waals surface area contributed by atoms with Crippen LogP contribution in [0.2, 0.25) is 5.02 Å². The van der Waals surface area contributed by atoms with E-state index >= 15 is 0 Å². The molecule has 4 nitrogen and oxygen atoms in total. The van der Waals surface area contributed by atoms with Crippen molar-refractivity contribution in [3.63, 3.8) is 0 Å². The van der Waals surface area contributed by atoms with Gasteiger partial charge in [-0.3, -0.25) is 9.59 Å². The highest BCUT2D eigenvalue weighted by atomic mass is 35.5. The summed E-state index contributed by atoms with van der Waals surface area (Å²) < 4.78 is 13.2. The van der Waals surface area contributed by atoms with Gasteiger partial charge < -0.3 is 10.0 Å². The Balaban J connectivity index is 2.27. The Morgan fingerprint density at radius 1 is 1.53 bits per heavy atom. The number of anilines is 1. The summed E-state index contributed by atoms with van der Waals surface area (Å²) >= 11 is 5.53. The number of rotatable bonds is 2. The Labute approximate surface area is 102 Å². The van der Waals surface area contributed by atoms with Crippen LogP contribution in [-0.4, -0.2) is 23.5 Å². The van der Waals surface area contributed by atoms with Crippen LogP contribution in [0.5, 0.6) is 0 Å². The van der Waals surface area contributed by atoms with Crippen molar-refractivity contribution in [2.24, 2.45) is 5.92 Å². The number of hydrogen-bond acceptors (Lipinski definition) is 2. The molecule has 0 aliphatic carbocycles. The van der Waals surface area contributed by atoms with Crippen LogP contribution in [0.25, 0.3) is 0 Å². The van der Waals surface area contributed by atoms with E-state index in [0.29, 0.717) is 5.69 Å². The monoisotopic (exact) mass is 257 g/mol. The Kier molecular flexibility index (Phi) is 3.02. The summed E-state index contributed by atoms with van der Waals surface area (Å²) in [5, 5.41) is 8.77. The molecule has 0 radical (unpaired) electrons. The van der Waals surface area contributed by atoms with E-state index in [4.69, 9.17) is 16.7 Å². The van der Waals surface area contributed by atoms with Crippen molar-refractivity contribution in [2.45, 2.75) is 6.42 Å². The Bertz CT molecular complexity index is 492. The van der Waals surface area contributed by atoms with Crippen LogP contribution in [0.4, 0.5) is 10.1 Å². The molecule has 0 aromatic heterocycles. The fourth-order valence-corrected chi connectivity index (χ4v) is 1.94. The molecule has 0 bridgehead atoms. The van der Waals surface area contributed by atoms with E-state index in [2.05, 4.69) is 0 Å². The zero-order valence-corrected chi connectivity index (χ0v) is 9.45. The van der Waals surface area contributed by atoms with Crippen molar-refractivity contribution in [3.8, 4) is 0 Å². The van der Waals surface area contributed by atoms with Gasteiger partial charge in [0.2, 0.25) is 5.91 Å². The molecule has 0 saturated carbocycles. The number of carbonyl (C=O) groups is 2. The second-order valence-corrected chi connectivity index (χ2v) is 4.17. The molecular formula is C11H9ClFNO3. The number of nitrogens with zero attached hydrogens (tertiary/aromatic N) is 1. The number of carbonyl (C=O) groups excluding carboxylic acids is 1. The van der Waals surface area contributed by atoms with E-state index in [9.17, 15) is 14.0 Å². The van der Waals surface area contributed by atoms with Gasteiger partial charge in [0.15, 0.2) is 0 Å². The third-order valence-electron chi connectivity index (χ3n) is 2.72. The normalized spacial score (nSPS) is 19.8. The van der Waals surface area contributed by atoms with E-state index in [1.807, 2.05) is 0 Å². The van der Waals surface area contributed by atoms with Crippen molar-refractivity contribution in [3.05, 3.63) is 29.0 Å². The van der Waals surface area contributed by atoms with Gasteiger partial charge in [0, 0.05) is 12.2 Å². The maximum atomic E-state index is 13.2. The Morgan fingerprint density at radius 3 is 2.76 bits per heavy atom. The largest absolute Gasteiger partial charge is 0.481 e. The van der Waals surface area contributed by atoms with Crippen molar-refractivity contribution >= 4 is 29.2 Å². The standard InChI is InChI=1S/C11H9ClFNO3/c12-8-2-1-6(5-9(8)13)14-4-3-7(10(14)15)11(16)17/h1-2,5,7H,3-4H2,(H,16,17). The van der Waals surface area contributed by atoms with Gasteiger partial charge in [0.05, 0.1) is 5.02 Å². The van der Waals surface area contributed by atoms with E-state index in [1.54, 1.807) is 0 Å². The minimum absolute atomic E-state index is 0.0322. The molecule has 1 saturated heterocycles. The Morgan fingerprint density at radius 2 is 2.24 bits per heavy atom. The summed E-state index contributed by atoms with van der Waals surface area (Å²) in [6.07, 6.45) is 0.235. The van der Waals surface area contributed by atoms with Crippen LogP contribution in [0.1, 0.15) is 6.42 Å². The number of carboxylic acids is 1. The molecule has 1 fully saturated rings. The minimum atomic E-state index is -1.15. The molecule has 1 amide bonds. The van der Waals surface area contributed by atoms with Crippen molar-refractivity contribution < 1.29 is 19.1 Å². The molecule has 1 aliphatic heterocycles. The summed E-state index contributed by atoms with van der Waals surface area (Å²) in [6.45, 7) is 0.275. The van der Waals surface area contributed by atoms with Gasteiger partial charge in [-0.1, -0.05) is 11.6 Å². The molecule has 1 unspecified atom stereocenters. The first-order valence-corrected chi connectivity index (χ1v) is 5.37. The molecule has 17 heavy (non-hydrogen) atoms. The summed E-state index contributed by atoms with van der Waals surface area (Å²) in [5.74, 6) is -3.32. The molecule has 1 heterocycles. The van der Waals surface area contributed by atoms with Crippen LogP contribution in [0.3, 0.4) is 0 Å². The molecule has 2 rings (SSSR count). The van der Waals surface area contributed by atoms with E-state index in [-0.39, 0.29) is 18.0 Å². The van der Waals surface area contributed by atoms with Crippen LogP contribution in [0, 0.1) is 11.7 Å². The highest BCUT2D eigenvalue weighted by Gasteiger charge is 2.37. The topological polar surface area (TPSA) is 57.6 Å². The smallest absolute Gasteiger partial charge is 0.316 e. The van der Waals surface area contributed by atoms with Gasteiger partial charge in [-0.2, -0.15) is 0 Å². The van der Waals surface area contributed by atoms with Gasteiger partial charge in [-0.05, 0) is 24.6 Å². The summed E-state index contributed by atoms with van der Waals surface area (Å²) in [6, 6.07) is 3.96. The number of halogens is 2. The molecule has 1 aliphatic rings. The average molecular weight is 258 g/mol. The minimum Gasteiger partial charge on any atom is -0.481 e. The lowest BCUT2D eigenvalue weighted by atomic mass is 10.1. The molecule has 1 aromatic carbocycles. The lowest BCUT2D eigenvalue weighted by molar-refractivity contribution is -0.144. The van der Waals surface area contributed by atoms with E-state index in [1.165, 1.54) is 17.0 Å². The molecule has 6 heteroatoms. The molecule has 1 atom stereocenters. The average Bonchev–Trinajstić information content (AvgIpc) is 2.64. The lowest BCUT2D eigenvalue weighted by Crippen LogP contribution is -2.30. The zero-order chi connectivity index (χ0) is 12.6. The third-order valence-corrected chi connectivity index (χ3v) is 3.02. The predicted octanol–water partition coefficient (Wildman–Crippen LogP) is 1.92. The lowest BCUT2D eigenvalue weighted by Gasteiger charge is -2.16.